The van der Waals surface area contributed by atoms with Crippen LogP contribution in [0.25, 0.3) is 10.4 Å². The number of hydrogen-bond acceptors (Lipinski definition) is 3. The number of halogens is 1. The molecule has 2 N–H and O–H groups in total. The van der Waals surface area contributed by atoms with Crippen LogP contribution in [0.15, 0.2) is 35.7 Å². The Kier molecular flexibility index (Phi) is 5.71. The van der Waals surface area contributed by atoms with Crippen molar-refractivity contribution in [1.82, 2.24) is 5.32 Å². The lowest BCUT2D eigenvalue weighted by atomic mass is 10.1. The number of nitrogens with one attached hydrogen (secondary N) is 1. The Labute approximate surface area is 123 Å². The van der Waals surface area contributed by atoms with Crippen molar-refractivity contribution >= 4 is 11.3 Å². The highest BCUT2D eigenvalue weighted by Gasteiger charge is 2.07. The molecule has 108 valence electrons. The van der Waals surface area contributed by atoms with Crippen molar-refractivity contribution in [3.8, 4) is 10.4 Å². The Morgan fingerprint density at radius 1 is 1.35 bits per heavy atom. The van der Waals surface area contributed by atoms with Crippen LogP contribution in [0.4, 0.5) is 4.39 Å². The van der Waals surface area contributed by atoms with E-state index in [9.17, 15) is 9.50 Å². The first kappa shape index (κ1) is 15.2. The third-order valence-electron chi connectivity index (χ3n) is 3.27. The third kappa shape index (κ3) is 4.13. The van der Waals surface area contributed by atoms with Gasteiger partial charge in [0.2, 0.25) is 0 Å². The summed E-state index contributed by atoms with van der Waals surface area (Å²) >= 11 is 1.54. The van der Waals surface area contributed by atoms with E-state index < -0.39 is 0 Å². The fourth-order valence-electron chi connectivity index (χ4n) is 2.01. The molecular weight excluding hydrogens is 273 g/mol. The van der Waals surface area contributed by atoms with Crippen molar-refractivity contribution in [2.24, 2.45) is 0 Å². The Bertz CT molecular complexity index is 527. The molecule has 0 bridgehead atoms. The third-order valence-corrected chi connectivity index (χ3v) is 4.18. The minimum atomic E-state index is -0.239. The molecule has 0 saturated heterocycles. The second kappa shape index (κ2) is 7.53. The van der Waals surface area contributed by atoms with E-state index in [1.165, 1.54) is 6.07 Å². The number of hydrogen-bond donors (Lipinski definition) is 2. The molecule has 20 heavy (non-hydrogen) atoms. The molecule has 0 fully saturated rings. The van der Waals surface area contributed by atoms with Crippen LogP contribution in [0.5, 0.6) is 0 Å². The van der Waals surface area contributed by atoms with E-state index >= 15 is 0 Å². The SMILES string of the molecule is CCC(O)CCNCc1ccc(F)c(-c2cccs2)c1. The van der Waals surface area contributed by atoms with Crippen LogP contribution in [0.2, 0.25) is 0 Å². The topological polar surface area (TPSA) is 32.3 Å². The number of thiophene rings is 1. The lowest BCUT2D eigenvalue weighted by Crippen LogP contribution is -2.19. The summed E-state index contributed by atoms with van der Waals surface area (Å²) in [5, 5.41) is 14.7. The Morgan fingerprint density at radius 2 is 2.20 bits per heavy atom. The van der Waals surface area contributed by atoms with Crippen LogP contribution in [0.1, 0.15) is 25.3 Å². The Morgan fingerprint density at radius 3 is 2.90 bits per heavy atom. The summed E-state index contributed by atoms with van der Waals surface area (Å²) < 4.78 is 13.8. The maximum absolute atomic E-state index is 13.8. The minimum Gasteiger partial charge on any atom is -0.393 e. The Hall–Kier alpha value is -1.23. The van der Waals surface area contributed by atoms with E-state index in [0.29, 0.717) is 12.1 Å². The van der Waals surface area contributed by atoms with Gasteiger partial charge in [0, 0.05) is 17.0 Å². The molecule has 0 amide bonds. The molecule has 2 aromatic rings. The largest absolute Gasteiger partial charge is 0.393 e. The number of rotatable bonds is 7. The van der Waals surface area contributed by atoms with Crippen LogP contribution >= 0.6 is 11.3 Å². The van der Waals surface area contributed by atoms with Gasteiger partial charge in [0.25, 0.3) is 0 Å². The van der Waals surface area contributed by atoms with Gasteiger partial charge in [0.1, 0.15) is 5.82 Å². The first-order valence-corrected chi connectivity index (χ1v) is 7.79. The summed E-state index contributed by atoms with van der Waals surface area (Å²) in [5.41, 5.74) is 1.72. The van der Waals surface area contributed by atoms with E-state index in [-0.39, 0.29) is 11.9 Å². The molecule has 1 heterocycles. The van der Waals surface area contributed by atoms with Crippen molar-refractivity contribution in [3.63, 3.8) is 0 Å². The predicted octanol–water partition coefficient (Wildman–Crippen LogP) is 3.80. The van der Waals surface area contributed by atoms with Crippen molar-refractivity contribution < 1.29 is 9.50 Å². The monoisotopic (exact) mass is 293 g/mol. The van der Waals surface area contributed by atoms with Gasteiger partial charge in [-0.3, -0.25) is 0 Å². The molecule has 1 unspecified atom stereocenters. The van der Waals surface area contributed by atoms with Gasteiger partial charge in [-0.2, -0.15) is 0 Å². The lowest BCUT2D eigenvalue weighted by molar-refractivity contribution is 0.159. The maximum Gasteiger partial charge on any atom is 0.131 e. The van der Waals surface area contributed by atoms with Crippen LogP contribution in [0.3, 0.4) is 0 Å². The average Bonchev–Trinajstić information content (AvgIpc) is 2.98. The highest BCUT2D eigenvalue weighted by molar-refractivity contribution is 7.13. The quantitative estimate of drug-likeness (QED) is 0.761. The van der Waals surface area contributed by atoms with Gasteiger partial charge in [-0.25, -0.2) is 4.39 Å². The summed E-state index contributed by atoms with van der Waals surface area (Å²) in [7, 11) is 0. The van der Waals surface area contributed by atoms with Crippen molar-refractivity contribution in [3.05, 3.63) is 47.1 Å². The van der Waals surface area contributed by atoms with E-state index in [0.717, 1.165) is 29.8 Å². The molecule has 1 aromatic heterocycles. The molecular formula is C16H20FNOS. The number of aliphatic hydroxyl groups excluding tert-OH is 1. The van der Waals surface area contributed by atoms with Gasteiger partial charge < -0.3 is 10.4 Å². The smallest absolute Gasteiger partial charge is 0.131 e. The molecule has 0 saturated carbocycles. The van der Waals surface area contributed by atoms with Crippen molar-refractivity contribution in [1.29, 1.82) is 0 Å². The van der Waals surface area contributed by atoms with E-state index in [1.807, 2.05) is 30.5 Å². The van der Waals surface area contributed by atoms with Gasteiger partial charge in [-0.15, -0.1) is 11.3 Å². The molecule has 1 atom stereocenters. The summed E-state index contributed by atoms with van der Waals surface area (Å²) in [6, 6.07) is 9.07. The molecule has 0 aliphatic carbocycles. The molecule has 0 spiro atoms. The van der Waals surface area contributed by atoms with Crippen LogP contribution in [0, 0.1) is 5.82 Å². The zero-order valence-corrected chi connectivity index (χ0v) is 12.4. The standard InChI is InChI=1S/C16H20FNOS/c1-2-13(19)7-8-18-11-12-5-6-15(17)14(10-12)16-4-3-9-20-16/h3-6,9-10,13,18-19H,2,7-8,11H2,1H3. The molecule has 0 aliphatic rings. The first-order chi connectivity index (χ1) is 9.70. The van der Waals surface area contributed by atoms with E-state index in [2.05, 4.69) is 5.32 Å². The number of aliphatic hydroxyl groups is 1. The van der Waals surface area contributed by atoms with Gasteiger partial charge in [0.05, 0.1) is 6.10 Å². The second-order valence-electron chi connectivity index (χ2n) is 4.82. The van der Waals surface area contributed by atoms with Crippen LogP contribution in [-0.2, 0) is 6.54 Å². The van der Waals surface area contributed by atoms with Crippen molar-refractivity contribution in [2.45, 2.75) is 32.4 Å². The van der Waals surface area contributed by atoms with Gasteiger partial charge in [0.15, 0.2) is 0 Å². The molecule has 0 aliphatic heterocycles. The second-order valence-corrected chi connectivity index (χ2v) is 5.77. The summed E-state index contributed by atoms with van der Waals surface area (Å²) in [4.78, 5) is 0.950. The average molecular weight is 293 g/mol. The molecule has 1 aromatic carbocycles. The molecule has 4 heteroatoms. The minimum absolute atomic E-state index is 0.183. The van der Waals surface area contributed by atoms with Crippen molar-refractivity contribution in [2.75, 3.05) is 6.54 Å². The molecule has 0 radical (unpaired) electrons. The summed E-state index contributed by atoms with van der Waals surface area (Å²) in [6.45, 7) is 3.42. The first-order valence-electron chi connectivity index (χ1n) is 6.91. The normalized spacial score (nSPS) is 12.6. The predicted molar refractivity (Wildman–Crippen MR) is 82.3 cm³/mol. The maximum atomic E-state index is 13.8. The summed E-state index contributed by atoms with van der Waals surface area (Å²) in [5.74, 6) is -0.183. The summed E-state index contributed by atoms with van der Waals surface area (Å²) in [6.07, 6.45) is 1.29. The molecule has 2 nitrogen and oxygen atoms in total. The van der Waals surface area contributed by atoms with Gasteiger partial charge in [-0.05, 0) is 48.5 Å². The molecule has 2 rings (SSSR count). The van der Waals surface area contributed by atoms with Gasteiger partial charge in [-0.1, -0.05) is 19.1 Å². The van der Waals surface area contributed by atoms with E-state index in [4.69, 9.17) is 0 Å². The Balaban J connectivity index is 1.95. The van der Waals surface area contributed by atoms with Gasteiger partial charge >= 0.3 is 0 Å². The fraction of sp³-hybridized carbons (Fsp3) is 0.375. The van der Waals surface area contributed by atoms with Crippen LogP contribution < -0.4 is 5.32 Å². The zero-order valence-electron chi connectivity index (χ0n) is 11.6. The number of benzene rings is 1. The lowest BCUT2D eigenvalue weighted by Gasteiger charge is -2.10. The zero-order chi connectivity index (χ0) is 14.4. The highest BCUT2D eigenvalue weighted by atomic mass is 32.1. The van der Waals surface area contributed by atoms with Crippen LogP contribution in [-0.4, -0.2) is 17.8 Å². The van der Waals surface area contributed by atoms with E-state index in [1.54, 1.807) is 17.4 Å². The highest BCUT2D eigenvalue weighted by Crippen LogP contribution is 2.28. The fourth-order valence-corrected chi connectivity index (χ4v) is 2.75.